The van der Waals surface area contributed by atoms with Gasteiger partial charge in [0.25, 0.3) is 0 Å². The van der Waals surface area contributed by atoms with Crippen LogP contribution in [-0.2, 0) is 17.7 Å². The van der Waals surface area contributed by atoms with E-state index in [1.807, 2.05) is 0 Å². The number of esters is 1. The van der Waals surface area contributed by atoms with Crippen LogP contribution in [0, 0.1) is 0 Å². The Morgan fingerprint density at radius 1 is 1.58 bits per heavy atom. The van der Waals surface area contributed by atoms with E-state index >= 15 is 0 Å². The van der Waals surface area contributed by atoms with Crippen molar-refractivity contribution in [1.82, 2.24) is 5.32 Å². The molecule has 102 valence electrons. The zero-order valence-corrected chi connectivity index (χ0v) is 11.8. The maximum atomic E-state index is 11.3. The first kappa shape index (κ1) is 13.8. The van der Waals surface area contributed by atoms with Gasteiger partial charge in [0.15, 0.2) is 0 Å². The number of methoxy groups -OCH3 is 1. The number of furan rings is 1. The molecule has 0 aliphatic rings. The predicted molar refractivity (Wildman–Crippen MR) is 74.4 cm³/mol. The molecule has 0 fully saturated rings. The third kappa shape index (κ3) is 3.94. The second-order valence-electron chi connectivity index (χ2n) is 4.41. The Bertz CT molecular complexity index is 519. The summed E-state index contributed by atoms with van der Waals surface area (Å²) in [6.07, 6.45) is 2.40. The van der Waals surface area contributed by atoms with Crippen molar-refractivity contribution in [3.63, 3.8) is 0 Å². The number of thiophene rings is 1. The predicted octanol–water partition coefficient (Wildman–Crippen LogP) is 2.85. The summed E-state index contributed by atoms with van der Waals surface area (Å²) < 4.78 is 9.94. The van der Waals surface area contributed by atoms with Gasteiger partial charge in [-0.1, -0.05) is 0 Å². The summed E-state index contributed by atoms with van der Waals surface area (Å²) in [4.78, 5) is 11.3. The maximum Gasteiger partial charge on any atom is 0.341 e. The van der Waals surface area contributed by atoms with E-state index < -0.39 is 0 Å². The largest absolute Gasteiger partial charge is 0.467 e. The number of carbonyl (C=O) groups excluding carboxylic acids is 1. The van der Waals surface area contributed by atoms with Crippen LogP contribution in [0.4, 0.5) is 0 Å². The van der Waals surface area contributed by atoms with E-state index in [0.29, 0.717) is 18.2 Å². The molecule has 0 amide bonds. The Balaban J connectivity index is 1.81. The smallest absolute Gasteiger partial charge is 0.341 e. The standard InChI is InChI=1S/C14H17NO3S/c1-10(5-11-3-4-19-9-11)15-7-13-6-12(8-18-13)14(16)17-2/h3-4,6,8-10,15H,5,7H2,1-2H3. The molecule has 2 rings (SSSR count). The number of hydrogen-bond acceptors (Lipinski definition) is 5. The third-order valence-corrected chi connectivity index (χ3v) is 3.55. The number of carbonyl (C=O) groups is 1. The number of nitrogens with one attached hydrogen (secondary N) is 1. The molecule has 2 aromatic rings. The van der Waals surface area contributed by atoms with Crippen LogP contribution < -0.4 is 5.32 Å². The number of rotatable bonds is 6. The molecule has 0 aliphatic heterocycles. The molecule has 2 heterocycles. The number of hydrogen-bond donors (Lipinski definition) is 1. The average Bonchev–Trinajstić information content (AvgIpc) is 3.06. The molecule has 5 heteroatoms. The summed E-state index contributed by atoms with van der Waals surface area (Å²) in [5.41, 5.74) is 1.78. The van der Waals surface area contributed by atoms with Crippen molar-refractivity contribution in [1.29, 1.82) is 0 Å². The minimum Gasteiger partial charge on any atom is -0.467 e. The van der Waals surface area contributed by atoms with Gasteiger partial charge in [-0.3, -0.25) is 0 Å². The van der Waals surface area contributed by atoms with Crippen LogP contribution >= 0.6 is 11.3 Å². The average molecular weight is 279 g/mol. The lowest BCUT2D eigenvalue weighted by molar-refractivity contribution is 0.0600. The minimum atomic E-state index is -0.374. The van der Waals surface area contributed by atoms with E-state index in [2.05, 4.69) is 33.8 Å². The van der Waals surface area contributed by atoms with Crippen molar-refractivity contribution in [2.24, 2.45) is 0 Å². The van der Waals surface area contributed by atoms with Gasteiger partial charge in [-0.15, -0.1) is 0 Å². The van der Waals surface area contributed by atoms with Gasteiger partial charge in [-0.25, -0.2) is 4.79 Å². The van der Waals surface area contributed by atoms with Crippen LogP contribution in [0.5, 0.6) is 0 Å². The van der Waals surface area contributed by atoms with Gasteiger partial charge in [0.05, 0.1) is 19.2 Å². The molecule has 0 saturated carbocycles. The fourth-order valence-corrected chi connectivity index (χ4v) is 2.49. The molecule has 4 nitrogen and oxygen atoms in total. The molecule has 0 aliphatic carbocycles. The molecular formula is C14H17NO3S. The topological polar surface area (TPSA) is 51.5 Å². The summed E-state index contributed by atoms with van der Waals surface area (Å²) in [5.74, 6) is 0.360. The Hall–Kier alpha value is -1.59. The normalized spacial score (nSPS) is 12.3. The summed E-state index contributed by atoms with van der Waals surface area (Å²) in [5, 5.41) is 7.60. The second-order valence-corrected chi connectivity index (χ2v) is 5.19. The third-order valence-electron chi connectivity index (χ3n) is 2.82. The van der Waals surface area contributed by atoms with Crippen molar-refractivity contribution in [3.05, 3.63) is 46.0 Å². The maximum absolute atomic E-state index is 11.3. The SMILES string of the molecule is COC(=O)c1coc(CNC(C)Cc2ccsc2)c1. The van der Waals surface area contributed by atoms with Gasteiger partial charge < -0.3 is 14.5 Å². The van der Waals surface area contributed by atoms with Gasteiger partial charge in [-0.2, -0.15) is 11.3 Å². The van der Waals surface area contributed by atoms with Gasteiger partial charge in [0, 0.05) is 6.04 Å². The molecule has 0 saturated heterocycles. The molecule has 0 spiro atoms. The van der Waals surface area contributed by atoms with Crippen LogP contribution in [-0.4, -0.2) is 19.1 Å². The molecule has 2 aromatic heterocycles. The van der Waals surface area contributed by atoms with Crippen molar-refractivity contribution in [2.75, 3.05) is 7.11 Å². The van der Waals surface area contributed by atoms with Crippen molar-refractivity contribution in [2.45, 2.75) is 25.9 Å². The summed E-state index contributed by atoms with van der Waals surface area (Å²) in [7, 11) is 1.36. The quantitative estimate of drug-likeness (QED) is 0.826. The Morgan fingerprint density at radius 3 is 3.11 bits per heavy atom. The van der Waals surface area contributed by atoms with Crippen LogP contribution in [0.15, 0.2) is 33.6 Å². The van der Waals surface area contributed by atoms with Crippen LogP contribution in [0.25, 0.3) is 0 Å². The number of ether oxygens (including phenoxy) is 1. The lowest BCUT2D eigenvalue weighted by Crippen LogP contribution is -2.27. The summed E-state index contributed by atoms with van der Waals surface area (Å²) in [6, 6.07) is 4.18. The highest BCUT2D eigenvalue weighted by molar-refractivity contribution is 7.07. The Kier molecular flexibility index (Phi) is 4.76. The lowest BCUT2D eigenvalue weighted by Gasteiger charge is -2.11. The van der Waals surface area contributed by atoms with Crippen molar-refractivity contribution >= 4 is 17.3 Å². The van der Waals surface area contributed by atoms with Crippen molar-refractivity contribution in [3.8, 4) is 0 Å². The van der Waals surface area contributed by atoms with Gasteiger partial charge in [0.1, 0.15) is 12.0 Å². The zero-order valence-electron chi connectivity index (χ0n) is 11.0. The molecular weight excluding hydrogens is 262 g/mol. The molecule has 1 unspecified atom stereocenters. The van der Waals surface area contributed by atoms with E-state index in [4.69, 9.17) is 4.42 Å². The van der Waals surface area contributed by atoms with E-state index in [0.717, 1.165) is 12.2 Å². The summed E-state index contributed by atoms with van der Waals surface area (Å²) >= 11 is 1.71. The molecule has 19 heavy (non-hydrogen) atoms. The monoisotopic (exact) mass is 279 g/mol. The summed E-state index contributed by atoms with van der Waals surface area (Å²) in [6.45, 7) is 2.73. The molecule has 0 aromatic carbocycles. The molecule has 0 bridgehead atoms. The first-order valence-corrected chi connectivity index (χ1v) is 7.03. The van der Waals surface area contributed by atoms with E-state index in [-0.39, 0.29) is 5.97 Å². The fraction of sp³-hybridized carbons (Fsp3) is 0.357. The van der Waals surface area contributed by atoms with Crippen LogP contribution in [0.1, 0.15) is 28.6 Å². The first-order chi connectivity index (χ1) is 9.19. The highest BCUT2D eigenvalue weighted by Gasteiger charge is 2.11. The molecule has 0 radical (unpaired) electrons. The van der Waals surface area contributed by atoms with E-state index in [9.17, 15) is 4.79 Å². The molecule has 1 atom stereocenters. The second kappa shape index (κ2) is 6.54. The van der Waals surface area contributed by atoms with Gasteiger partial charge in [-0.05, 0) is 41.8 Å². The highest BCUT2D eigenvalue weighted by Crippen LogP contribution is 2.11. The zero-order chi connectivity index (χ0) is 13.7. The van der Waals surface area contributed by atoms with Crippen LogP contribution in [0.3, 0.4) is 0 Å². The highest BCUT2D eigenvalue weighted by atomic mass is 32.1. The van der Waals surface area contributed by atoms with E-state index in [1.165, 1.54) is 18.9 Å². The van der Waals surface area contributed by atoms with Crippen LogP contribution in [0.2, 0.25) is 0 Å². The molecule has 1 N–H and O–H groups in total. The lowest BCUT2D eigenvalue weighted by atomic mass is 10.1. The Morgan fingerprint density at radius 2 is 2.42 bits per heavy atom. The Labute approximate surface area is 116 Å². The van der Waals surface area contributed by atoms with E-state index in [1.54, 1.807) is 17.4 Å². The fourth-order valence-electron chi connectivity index (χ4n) is 1.81. The van der Waals surface area contributed by atoms with Crippen molar-refractivity contribution < 1.29 is 13.9 Å². The van der Waals surface area contributed by atoms with Gasteiger partial charge in [0.2, 0.25) is 0 Å². The van der Waals surface area contributed by atoms with Gasteiger partial charge >= 0.3 is 5.97 Å². The minimum absolute atomic E-state index is 0.348. The first-order valence-electron chi connectivity index (χ1n) is 6.09.